The number of benzene rings is 1. The number of rotatable bonds is 9. The number of aromatic nitrogens is 4. The van der Waals surface area contributed by atoms with Crippen LogP contribution in [0.5, 0.6) is 0 Å². The molecule has 0 spiro atoms. The molecule has 0 aliphatic carbocycles. The third-order valence-corrected chi connectivity index (χ3v) is 8.87. The van der Waals surface area contributed by atoms with E-state index in [0.29, 0.717) is 30.3 Å². The van der Waals surface area contributed by atoms with Crippen LogP contribution in [-0.2, 0) is 19.8 Å². The summed E-state index contributed by atoms with van der Waals surface area (Å²) < 4.78 is 43.3. The van der Waals surface area contributed by atoms with Gasteiger partial charge in [-0.2, -0.15) is 18.3 Å². The van der Waals surface area contributed by atoms with Gasteiger partial charge in [0.2, 0.25) is 0 Å². The SMILES string of the molecule is CCn1cc(-c2cnc(C(=O)Nc3ccc(C(=O)N4CCC(CCC(C)(C)N(C)C)CC4)c(Cl)c3)n2C)c(C(F)(F)F)n1. The number of carbonyl (C=O) groups is 2. The molecule has 4 rings (SSSR count). The van der Waals surface area contributed by atoms with E-state index in [9.17, 15) is 22.8 Å². The second-order valence-corrected chi connectivity index (χ2v) is 12.3. The number of piperidine rings is 1. The summed E-state index contributed by atoms with van der Waals surface area (Å²) in [4.78, 5) is 34.4. The lowest BCUT2D eigenvalue weighted by molar-refractivity contribution is -0.141. The summed E-state index contributed by atoms with van der Waals surface area (Å²) >= 11 is 6.48. The third kappa shape index (κ3) is 7.23. The average molecular weight is 622 g/mol. The first-order valence-corrected chi connectivity index (χ1v) is 14.7. The van der Waals surface area contributed by atoms with E-state index >= 15 is 0 Å². The molecular weight excluding hydrogens is 583 g/mol. The van der Waals surface area contributed by atoms with Crippen molar-refractivity contribution in [2.75, 3.05) is 32.5 Å². The quantitative estimate of drug-likeness (QED) is 0.307. The Morgan fingerprint density at radius 1 is 1.16 bits per heavy atom. The maximum Gasteiger partial charge on any atom is 0.435 e. The minimum absolute atomic E-state index is 0.0968. The molecule has 1 aliphatic heterocycles. The Balaban J connectivity index is 1.40. The summed E-state index contributed by atoms with van der Waals surface area (Å²) in [6.45, 7) is 7.74. The predicted octanol–water partition coefficient (Wildman–Crippen LogP) is 6.20. The first kappa shape index (κ1) is 32.5. The smallest absolute Gasteiger partial charge is 0.339 e. The first-order valence-electron chi connectivity index (χ1n) is 14.4. The van der Waals surface area contributed by atoms with Crippen molar-refractivity contribution in [2.24, 2.45) is 13.0 Å². The van der Waals surface area contributed by atoms with Crippen LogP contribution in [0.25, 0.3) is 11.3 Å². The van der Waals surface area contributed by atoms with E-state index in [0.717, 1.165) is 25.7 Å². The number of amides is 2. The van der Waals surface area contributed by atoms with Crippen LogP contribution < -0.4 is 5.32 Å². The van der Waals surface area contributed by atoms with Crippen molar-refractivity contribution in [3.63, 3.8) is 0 Å². The minimum atomic E-state index is -4.67. The van der Waals surface area contributed by atoms with Gasteiger partial charge in [0, 0.05) is 44.1 Å². The summed E-state index contributed by atoms with van der Waals surface area (Å²) in [5.74, 6) is -0.317. The van der Waals surface area contributed by atoms with Gasteiger partial charge in [0.15, 0.2) is 11.5 Å². The highest BCUT2D eigenvalue weighted by Gasteiger charge is 2.38. The second kappa shape index (κ2) is 12.7. The minimum Gasteiger partial charge on any atom is -0.339 e. The average Bonchev–Trinajstić information content (AvgIpc) is 3.55. The number of nitrogens with zero attached hydrogens (tertiary/aromatic N) is 6. The molecular formula is C30H39ClF3N7O2. The monoisotopic (exact) mass is 621 g/mol. The molecule has 2 aromatic heterocycles. The molecule has 1 aliphatic rings. The van der Waals surface area contributed by atoms with Crippen LogP contribution in [0.1, 0.15) is 73.1 Å². The fourth-order valence-corrected chi connectivity index (χ4v) is 5.44. The Morgan fingerprint density at radius 3 is 2.42 bits per heavy atom. The van der Waals surface area contributed by atoms with Crippen LogP contribution in [0.4, 0.5) is 18.9 Å². The lowest BCUT2D eigenvalue weighted by atomic mass is 9.86. The van der Waals surface area contributed by atoms with Gasteiger partial charge in [0.05, 0.1) is 28.0 Å². The van der Waals surface area contributed by atoms with E-state index in [2.05, 4.69) is 48.2 Å². The Hall–Kier alpha value is -3.38. The zero-order chi connectivity index (χ0) is 31.7. The zero-order valence-corrected chi connectivity index (χ0v) is 26.2. The molecule has 1 saturated heterocycles. The maximum atomic E-state index is 13.6. The van der Waals surface area contributed by atoms with Gasteiger partial charge in [0.25, 0.3) is 11.8 Å². The van der Waals surface area contributed by atoms with Gasteiger partial charge >= 0.3 is 6.18 Å². The maximum absolute atomic E-state index is 13.6. The molecule has 3 heterocycles. The molecule has 234 valence electrons. The van der Waals surface area contributed by atoms with Crippen molar-refractivity contribution in [2.45, 2.75) is 64.7 Å². The summed E-state index contributed by atoms with van der Waals surface area (Å²) in [6, 6.07) is 4.63. The van der Waals surface area contributed by atoms with Crippen molar-refractivity contribution >= 4 is 29.1 Å². The van der Waals surface area contributed by atoms with E-state index < -0.39 is 17.8 Å². The van der Waals surface area contributed by atoms with Crippen molar-refractivity contribution in [3.05, 3.63) is 52.7 Å². The molecule has 0 unspecified atom stereocenters. The topological polar surface area (TPSA) is 88.3 Å². The lowest BCUT2D eigenvalue weighted by Crippen LogP contribution is -2.41. The number of nitrogens with one attached hydrogen (secondary N) is 1. The van der Waals surface area contributed by atoms with Crippen LogP contribution in [0.2, 0.25) is 5.02 Å². The van der Waals surface area contributed by atoms with Crippen LogP contribution in [0.15, 0.2) is 30.6 Å². The summed E-state index contributed by atoms with van der Waals surface area (Å²) in [6.07, 6.45) is 1.92. The fraction of sp³-hybridized carbons (Fsp3) is 0.533. The highest BCUT2D eigenvalue weighted by atomic mass is 35.5. The van der Waals surface area contributed by atoms with Gasteiger partial charge in [-0.1, -0.05) is 11.6 Å². The molecule has 13 heteroatoms. The first-order chi connectivity index (χ1) is 20.1. The number of hydrogen-bond donors (Lipinski definition) is 1. The van der Waals surface area contributed by atoms with Gasteiger partial charge in [-0.05, 0) is 84.7 Å². The van der Waals surface area contributed by atoms with Crippen LogP contribution in [0.3, 0.4) is 0 Å². The number of hydrogen-bond acceptors (Lipinski definition) is 5. The molecule has 3 aromatic rings. The Kier molecular flexibility index (Phi) is 9.60. The Bertz CT molecular complexity index is 1470. The Morgan fingerprint density at radius 2 is 1.84 bits per heavy atom. The lowest BCUT2D eigenvalue weighted by Gasteiger charge is -2.36. The van der Waals surface area contributed by atoms with Crippen molar-refractivity contribution in [1.82, 2.24) is 29.1 Å². The zero-order valence-electron chi connectivity index (χ0n) is 25.4. The van der Waals surface area contributed by atoms with E-state index in [1.54, 1.807) is 19.1 Å². The second-order valence-electron chi connectivity index (χ2n) is 11.9. The van der Waals surface area contributed by atoms with Gasteiger partial charge in [-0.15, -0.1) is 0 Å². The van der Waals surface area contributed by atoms with Gasteiger partial charge in [-0.3, -0.25) is 14.3 Å². The fourth-order valence-electron chi connectivity index (χ4n) is 5.18. The van der Waals surface area contributed by atoms with E-state index in [1.165, 1.54) is 34.8 Å². The largest absolute Gasteiger partial charge is 0.435 e. The molecule has 0 atom stereocenters. The molecule has 1 fully saturated rings. The molecule has 2 amide bonds. The number of carbonyl (C=O) groups excluding carboxylic acids is 2. The number of imidazole rings is 1. The predicted molar refractivity (Wildman–Crippen MR) is 160 cm³/mol. The van der Waals surface area contributed by atoms with Crippen LogP contribution in [0, 0.1) is 5.92 Å². The Labute approximate surface area is 255 Å². The number of halogens is 4. The summed E-state index contributed by atoms with van der Waals surface area (Å²) in [5, 5.41) is 6.50. The molecule has 9 nitrogen and oxygen atoms in total. The highest BCUT2D eigenvalue weighted by molar-refractivity contribution is 6.34. The van der Waals surface area contributed by atoms with Crippen LogP contribution in [-0.4, -0.2) is 73.7 Å². The number of alkyl halides is 3. The molecule has 1 aromatic carbocycles. The van der Waals surface area contributed by atoms with Crippen molar-refractivity contribution in [3.8, 4) is 11.3 Å². The van der Waals surface area contributed by atoms with Gasteiger partial charge in [0.1, 0.15) is 0 Å². The number of aryl methyl sites for hydroxylation is 1. The van der Waals surface area contributed by atoms with Crippen molar-refractivity contribution < 1.29 is 22.8 Å². The van der Waals surface area contributed by atoms with E-state index in [-0.39, 0.29) is 40.1 Å². The number of anilines is 1. The van der Waals surface area contributed by atoms with Gasteiger partial charge < -0.3 is 19.7 Å². The molecule has 1 N–H and O–H groups in total. The molecule has 0 saturated carbocycles. The molecule has 43 heavy (non-hydrogen) atoms. The third-order valence-electron chi connectivity index (χ3n) is 8.56. The highest BCUT2D eigenvalue weighted by Crippen LogP contribution is 2.36. The van der Waals surface area contributed by atoms with E-state index in [4.69, 9.17) is 11.6 Å². The molecule has 0 bridgehead atoms. The van der Waals surface area contributed by atoms with E-state index in [1.807, 2.05) is 4.90 Å². The van der Waals surface area contributed by atoms with Crippen LogP contribution >= 0.6 is 11.6 Å². The summed E-state index contributed by atoms with van der Waals surface area (Å²) in [7, 11) is 5.65. The summed E-state index contributed by atoms with van der Waals surface area (Å²) in [5.41, 5.74) is -0.316. The van der Waals surface area contributed by atoms with Crippen molar-refractivity contribution in [1.29, 1.82) is 0 Å². The standard InChI is InChI=1S/C30H39ClF3N7O2/c1-7-41-18-22(25(37-41)30(32,33)34)24-17-35-26(39(24)6)27(42)36-20-8-9-21(23(31)16-20)28(43)40-14-11-19(12-15-40)10-13-29(2,3)38(4)5/h8-9,16-19H,7,10-15H2,1-6H3,(H,36,42). The molecule has 0 radical (unpaired) electrons. The van der Waals surface area contributed by atoms with Gasteiger partial charge in [-0.25, -0.2) is 4.98 Å². The number of likely N-dealkylation sites (tertiary alicyclic amines) is 1. The normalized spacial score (nSPS) is 14.9.